The number of nitrogens with zero attached hydrogens (tertiary/aromatic N) is 3. The first-order valence-electron chi connectivity index (χ1n) is 10.7. The van der Waals surface area contributed by atoms with E-state index in [1.165, 1.54) is 5.56 Å². The summed E-state index contributed by atoms with van der Waals surface area (Å²) in [7, 11) is 1.67. The first kappa shape index (κ1) is 19.8. The number of hydrogen-bond donors (Lipinski definition) is 1. The minimum atomic E-state index is 0.783. The Morgan fingerprint density at radius 2 is 1.62 bits per heavy atom. The zero-order valence-electron chi connectivity index (χ0n) is 18.1. The van der Waals surface area contributed by atoms with Gasteiger partial charge in [-0.1, -0.05) is 49.4 Å². The Kier molecular flexibility index (Phi) is 5.30. The molecule has 0 amide bonds. The van der Waals surface area contributed by atoms with Crippen LogP contribution in [-0.2, 0) is 6.42 Å². The van der Waals surface area contributed by atoms with Gasteiger partial charge in [-0.25, -0.2) is 9.97 Å². The van der Waals surface area contributed by atoms with Gasteiger partial charge < -0.3 is 14.6 Å². The zero-order chi connectivity index (χ0) is 21.9. The van der Waals surface area contributed by atoms with Crippen LogP contribution in [0.5, 0.6) is 5.75 Å². The van der Waals surface area contributed by atoms with E-state index in [1.54, 1.807) is 13.4 Å². The molecule has 3 aromatic carbocycles. The van der Waals surface area contributed by atoms with E-state index >= 15 is 0 Å². The molecule has 5 heteroatoms. The average Bonchev–Trinajstić information content (AvgIpc) is 3.26. The molecule has 0 fully saturated rings. The maximum Gasteiger partial charge on any atom is 0.150 e. The molecule has 0 bridgehead atoms. The van der Waals surface area contributed by atoms with Gasteiger partial charge in [0.05, 0.1) is 12.5 Å². The molecule has 1 N–H and O–H groups in total. The summed E-state index contributed by atoms with van der Waals surface area (Å²) in [5.41, 5.74) is 6.35. The molecule has 0 atom stereocenters. The van der Waals surface area contributed by atoms with Gasteiger partial charge >= 0.3 is 0 Å². The molecule has 32 heavy (non-hydrogen) atoms. The number of nitrogens with one attached hydrogen (secondary N) is 1. The van der Waals surface area contributed by atoms with Crippen LogP contribution in [0.15, 0.2) is 91.4 Å². The van der Waals surface area contributed by atoms with E-state index < -0.39 is 0 Å². The third kappa shape index (κ3) is 3.69. The van der Waals surface area contributed by atoms with Crippen LogP contribution in [0.1, 0.15) is 12.5 Å². The smallest absolute Gasteiger partial charge is 0.150 e. The van der Waals surface area contributed by atoms with Gasteiger partial charge in [-0.3, -0.25) is 0 Å². The number of hydrogen-bond acceptors (Lipinski definition) is 4. The summed E-state index contributed by atoms with van der Waals surface area (Å²) < 4.78 is 7.43. The summed E-state index contributed by atoms with van der Waals surface area (Å²) in [5.74, 6) is 1.60. The molecule has 0 radical (unpaired) electrons. The molecule has 2 aromatic heterocycles. The van der Waals surface area contributed by atoms with E-state index in [9.17, 15) is 0 Å². The zero-order valence-corrected chi connectivity index (χ0v) is 18.1. The topological polar surface area (TPSA) is 52.0 Å². The Hall–Kier alpha value is -4.12. The Morgan fingerprint density at radius 1 is 0.875 bits per heavy atom. The molecule has 5 nitrogen and oxygen atoms in total. The first-order valence-corrected chi connectivity index (χ1v) is 10.7. The highest BCUT2D eigenvalue weighted by Crippen LogP contribution is 2.36. The number of methoxy groups -OCH3 is 1. The van der Waals surface area contributed by atoms with Crippen molar-refractivity contribution in [3.05, 3.63) is 97.0 Å². The lowest BCUT2D eigenvalue weighted by atomic mass is 10.1. The van der Waals surface area contributed by atoms with Crippen LogP contribution >= 0.6 is 0 Å². The minimum Gasteiger partial charge on any atom is -0.497 e. The first-order chi connectivity index (χ1) is 15.8. The summed E-state index contributed by atoms with van der Waals surface area (Å²) in [5, 5.41) is 4.49. The van der Waals surface area contributed by atoms with Gasteiger partial charge in [0.1, 0.15) is 17.9 Å². The quantitative estimate of drug-likeness (QED) is 0.345. The summed E-state index contributed by atoms with van der Waals surface area (Å²) in [4.78, 5) is 9.27. The maximum absolute atomic E-state index is 5.32. The van der Waals surface area contributed by atoms with Crippen molar-refractivity contribution in [1.82, 2.24) is 14.5 Å². The lowest BCUT2D eigenvalue weighted by Crippen LogP contribution is -1.98. The van der Waals surface area contributed by atoms with E-state index in [1.807, 2.05) is 42.5 Å². The van der Waals surface area contributed by atoms with Crippen molar-refractivity contribution in [2.75, 3.05) is 12.4 Å². The Labute approximate surface area is 187 Å². The molecule has 0 unspecified atom stereocenters. The highest BCUT2D eigenvalue weighted by molar-refractivity contribution is 6.03. The minimum absolute atomic E-state index is 0.783. The highest BCUT2D eigenvalue weighted by Gasteiger charge is 2.17. The monoisotopic (exact) mass is 420 g/mol. The molecule has 5 rings (SSSR count). The number of ether oxygens (including phenoxy) is 1. The van der Waals surface area contributed by atoms with Crippen LogP contribution in [0, 0.1) is 0 Å². The fourth-order valence-corrected chi connectivity index (χ4v) is 3.89. The molecule has 0 spiro atoms. The fourth-order valence-electron chi connectivity index (χ4n) is 3.89. The van der Waals surface area contributed by atoms with E-state index in [0.717, 1.165) is 51.5 Å². The van der Waals surface area contributed by atoms with Gasteiger partial charge in [-0.15, -0.1) is 0 Å². The summed E-state index contributed by atoms with van der Waals surface area (Å²) in [6.45, 7) is 2.16. The lowest BCUT2D eigenvalue weighted by Gasteiger charge is -2.10. The van der Waals surface area contributed by atoms with Gasteiger partial charge in [-0.2, -0.15) is 0 Å². The molecule has 0 saturated heterocycles. The second-order valence-corrected chi connectivity index (χ2v) is 7.57. The molecular weight excluding hydrogens is 396 g/mol. The SMILES string of the molecule is CCc1ccc(Nc2ncnc3c2c(-c2ccccc2)cn3-c2ccc(OC)cc2)cc1. The van der Waals surface area contributed by atoms with E-state index in [-0.39, 0.29) is 0 Å². The number of benzene rings is 3. The molecule has 5 aromatic rings. The molecule has 0 aliphatic rings. The molecular formula is C27H24N4O. The number of fused-ring (bicyclic) bond motifs is 1. The van der Waals surface area contributed by atoms with Gasteiger partial charge in [0.15, 0.2) is 5.65 Å². The second-order valence-electron chi connectivity index (χ2n) is 7.57. The Bertz CT molecular complexity index is 1340. The molecule has 2 heterocycles. The van der Waals surface area contributed by atoms with Gasteiger partial charge in [-0.05, 0) is 53.9 Å². The molecule has 158 valence electrons. The van der Waals surface area contributed by atoms with Crippen molar-refractivity contribution in [2.24, 2.45) is 0 Å². The number of rotatable bonds is 6. The van der Waals surface area contributed by atoms with E-state index in [0.29, 0.717) is 0 Å². The van der Waals surface area contributed by atoms with E-state index in [4.69, 9.17) is 4.74 Å². The van der Waals surface area contributed by atoms with Gasteiger partial charge in [0.25, 0.3) is 0 Å². The van der Waals surface area contributed by atoms with Crippen molar-refractivity contribution in [1.29, 1.82) is 0 Å². The van der Waals surface area contributed by atoms with Crippen molar-refractivity contribution < 1.29 is 4.74 Å². The summed E-state index contributed by atoms with van der Waals surface area (Å²) in [6, 6.07) is 26.8. The standard InChI is InChI=1S/C27H24N4O/c1-3-19-9-11-21(12-10-19)30-26-25-24(20-7-5-4-6-8-20)17-31(27(25)29-18-28-26)22-13-15-23(32-2)16-14-22/h4-18H,3H2,1-2H3,(H,28,29,30). The normalized spacial score (nSPS) is 10.9. The predicted octanol–water partition coefficient (Wildman–Crippen LogP) is 6.40. The third-order valence-electron chi connectivity index (χ3n) is 5.64. The molecule has 0 aliphatic carbocycles. The number of aromatic nitrogens is 3. The van der Waals surface area contributed by atoms with Gasteiger partial charge in [0.2, 0.25) is 0 Å². The van der Waals surface area contributed by atoms with Gasteiger partial charge in [0, 0.05) is 23.1 Å². The van der Waals surface area contributed by atoms with Crippen LogP contribution in [0.25, 0.3) is 27.8 Å². The van der Waals surface area contributed by atoms with Crippen molar-refractivity contribution in [3.8, 4) is 22.6 Å². The third-order valence-corrected chi connectivity index (χ3v) is 5.64. The maximum atomic E-state index is 5.32. The number of aryl methyl sites for hydroxylation is 1. The van der Waals surface area contributed by atoms with Crippen LogP contribution in [0.2, 0.25) is 0 Å². The van der Waals surface area contributed by atoms with E-state index in [2.05, 4.69) is 69.4 Å². The van der Waals surface area contributed by atoms with Crippen LogP contribution in [0.3, 0.4) is 0 Å². The summed E-state index contributed by atoms with van der Waals surface area (Å²) >= 11 is 0. The average molecular weight is 421 g/mol. The molecule has 0 aliphatic heterocycles. The largest absolute Gasteiger partial charge is 0.497 e. The van der Waals surface area contributed by atoms with Crippen molar-refractivity contribution >= 4 is 22.5 Å². The second kappa shape index (κ2) is 8.55. The Morgan fingerprint density at radius 3 is 2.31 bits per heavy atom. The van der Waals surface area contributed by atoms with Crippen LogP contribution in [0.4, 0.5) is 11.5 Å². The predicted molar refractivity (Wildman–Crippen MR) is 130 cm³/mol. The fraction of sp³-hybridized carbons (Fsp3) is 0.111. The van der Waals surface area contributed by atoms with Crippen LogP contribution in [-0.4, -0.2) is 21.6 Å². The van der Waals surface area contributed by atoms with Crippen molar-refractivity contribution in [3.63, 3.8) is 0 Å². The summed E-state index contributed by atoms with van der Waals surface area (Å²) in [6.07, 6.45) is 4.75. The molecule has 0 saturated carbocycles. The lowest BCUT2D eigenvalue weighted by molar-refractivity contribution is 0.415. The highest BCUT2D eigenvalue weighted by atomic mass is 16.5. The Balaban J connectivity index is 1.68. The van der Waals surface area contributed by atoms with Crippen LogP contribution < -0.4 is 10.1 Å². The number of anilines is 2. The van der Waals surface area contributed by atoms with Crippen molar-refractivity contribution in [2.45, 2.75) is 13.3 Å².